The molecule has 2 rings (SSSR count). The van der Waals surface area contributed by atoms with Crippen LogP contribution in [-0.4, -0.2) is 41.7 Å². The molecule has 3 N–H and O–H groups in total. The first-order valence-corrected chi connectivity index (χ1v) is 10.3. The molecule has 2 unspecified atom stereocenters. The monoisotopic (exact) mass is 470 g/mol. The Morgan fingerprint density at radius 3 is 2.38 bits per heavy atom. The maximum Gasteiger partial charge on any atom is 0.407 e. The first-order chi connectivity index (χ1) is 13.5. The SMILES string of the molecule is CNC(=O)c1cc(Br)cc([N+](=O)[O-])c1NC1CCCCC1NC(=O)OC(C)(C)C. The Kier molecular flexibility index (Phi) is 7.45. The first kappa shape index (κ1) is 22.9. The Labute approximate surface area is 178 Å². The Hall–Kier alpha value is -2.36. The maximum atomic E-state index is 12.3. The van der Waals surface area contributed by atoms with Crippen LogP contribution in [0.25, 0.3) is 0 Å². The molecule has 0 aliphatic heterocycles. The molecule has 2 atom stereocenters. The predicted octanol–water partition coefficient (Wildman–Crippen LogP) is 3.96. The topological polar surface area (TPSA) is 123 Å². The lowest BCUT2D eigenvalue weighted by Crippen LogP contribution is -2.50. The van der Waals surface area contributed by atoms with Crippen LogP contribution in [-0.2, 0) is 4.74 Å². The number of nitrogens with one attached hydrogen (secondary N) is 3. The van der Waals surface area contributed by atoms with Crippen LogP contribution in [0.3, 0.4) is 0 Å². The number of nitro groups is 1. The van der Waals surface area contributed by atoms with Crippen LogP contribution >= 0.6 is 15.9 Å². The van der Waals surface area contributed by atoms with Crippen LogP contribution in [0.4, 0.5) is 16.2 Å². The second-order valence-electron chi connectivity index (χ2n) is 7.97. The Bertz CT molecular complexity index is 794. The largest absolute Gasteiger partial charge is 0.444 e. The van der Waals surface area contributed by atoms with Crippen LogP contribution in [0.2, 0.25) is 0 Å². The number of carbonyl (C=O) groups excluding carboxylic acids is 2. The smallest absolute Gasteiger partial charge is 0.407 e. The summed E-state index contributed by atoms with van der Waals surface area (Å²) in [5, 5.41) is 20.2. The van der Waals surface area contributed by atoms with Crippen molar-refractivity contribution in [2.45, 2.75) is 64.1 Å². The van der Waals surface area contributed by atoms with E-state index in [0.29, 0.717) is 17.3 Å². The summed E-state index contributed by atoms with van der Waals surface area (Å²) in [5.41, 5.74) is -0.534. The zero-order chi connectivity index (χ0) is 21.8. The van der Waals surface area contributed by atoms with Gasteiger partial charge in [0.2, 0.25) is 0 Å². The second-order valence-corrected chi connectivity index (χ2v) is 8.89. The van der Waals surface area contributed by atoms with Gasteiger partial charge in [-0.2, -0.15) is 0 Å². The number of nitrogens with zero attached hydrogens (tertiary/aromatic N) is 1. The Morgan fingerprint density at radius 1 is 1.21 bits per heavy atom. The molecule has 0 spiro atoms. The number of nitro benzene ring substituents is 1. The summed E-state index contributed by atoms with van der Waals surface area (Å²) >= 11 is 3.22. The van der Waals surface area contributed by atoms with Crippen LogP contribution in [0, 0.1) is 10.1 Å². The summed E-state index contributed by atoms with van der Waals surface area (Å²) in [7, 11) is 1.46. The van der Waals surface area contributed by atoms with E-state index >= 15 is 0 Å². The molecule has 1 aliphatic carbocycles. The Balaban J connectivity index is 2.33. The molecule has 29 heavy (non-hydrogen) atoms. The van der Waals surface area contributed by atoms with Gasteiger partial charge in [-0.3, -0.25) is 14.9 Å². The molecule has 0 heterocycles. The fourth-order valence-electron chi connectivity index (χ4n) is 3.32. The number of halogens is 1. The summed E-state index contributed by atoms with van der Waals surface area (Å²) in [5.74, 6) is -0.440. The van der Waals surface area contributed by atoms with Gasteiger partial charge in [0.1, 0.15) is 11.3 Å². The van der Waals surface area contributed by atoms with Gasteiger partial charge in [0.25, 0.3) is 11.6 Å². The average molecular weight is 471 g/mol. The third-order valence-corrected chi connectivity index (χ3v) is 5.01. The van der Waals surface area contributed by atoms with Crippen molar-refractivity contribution in [3.63, 3.8) is 0 Å². The van der Waals surface area contributed by atoms with E-state index in [1.165, 1.54) is 19.2 Å². The molecule has 160 valence electrons. The summed E-state index contributed by atoms with van der Waals surface area (Å²) in [4.78, 5) is 35.7. The summed E-state index contributed by atoms with van der Waals surface area (Å²) in [6.07, 6.45) is 2.69. The molecular weight excluding hydrogens is 444 g/mol. The van der Waals surface area contributed by atoms with Crippen molar-refractivity contribution in [3.8, 4) is 0 Å². The van der Waals surface area contributed by atoms with Crippen molar-refractivity contribution in [2.24, 2.45) is 0 Å². The fourth-order valence-corrected chi connectivity index (χ4v) is 3.77. The normalized spacial score (nSPS) is 19.2. The van der Waals surface area contributed by atoms with Crippen molar-refractivity contribution >= 4 is 39.3 Å². The van der Waals surface area contributed by atoms with Gasteiger partial charge in [-0.1, -0.05) is 28.8 Å². The van der Waals surface area contributed by atoms with E-state index in [-0.39, 0.29) is 29.0 Å². The average Bonchev–Trinajstić information content (AvgIpc) is 2.61. The third kappa shape index (κ3) is 6.31. The van der Waals surface area contributed by atoms with E-state index < -0.39 is 22.5 Å². The maximum absolute atomic E-state index is 12.3. The van der Waals surface area contributed by atoms with Gasteiger partial charge in [0.15, 0.2) is 0 Å². The number of hydrogen-bond acceptors (Lipinski definition) is 6. The second kappa shape index (κ2) is 9.43. The number of amides is 2. The highest BCUT2D eigenvalue weighted by atomic mass is 79.9. The van der Waals surface area contributed by atoms with E-state index in [2.05, 4.69) is 31.9 Å². The molecule has 0 bridgehead atoms. The minimum atomic E-state index is -0.626. The number of alkyl carbamates (subject to hydrolysis) is 1. The molecular formula is C19H27BrN4O5. The zero-order valence-corrected chi connectivity index (χ0v) is 18.6. The predicted molar refractivity (Wildman–Crippen MR) is 113 cm³/mol. The van der Waals surface area contributed by atoms with E-state index in [1.807, 2.05) is 0 Å². The number of carbonyl (C=O) groups is 2. The van der Waals surface area contributed by atoms with Crippen LogP contribution in [0.15, 0.2) is 16.6 Å². The molecule has 0 aromatic heterocycles. The van der Waals surface area contributed by atoms with E-state index in [0.717, 1.165) is 12.8 Å². The number of benzene rings is 1. The van der Waals surface area contributed by atoms with Crippen LogP contribution in [0.1, 0.15) is 56.8 Å². The van der Waals surface area contributed by atoms with Gasteiger partial charge >= 0.3 is 6.09 Å². The van der Waals surface area contributed by atoms with Crippen molar-refractivity contribution in [2.75, 3.05) is 12.4 Å². The summed E-state index contributed by atoms with van der Waals surface area (Å²) in [6, 6.07) is 2.33. The standard InChI is InChI=1S/C19H27BrN4O5/c1-19(2,3)29-18(26)23-14-8-6-5-7-13(14)22-16-12(17(25)21-4)9-11(20)10-15(16)24(27)28/h9-10,13-14,22H,5-8H2,1-4H3,(H,21,25)(H,23,26). The van der Waals surface area contributed by atoms with Crippen LogP contribution < -0.4 is 16.0 Å². The lowest BCUT2D eigenvalue weighted by atomic mass is 9.89. The van der Waals surface area contributed by atoms with Gasteiger partial charge in [0, 0.05) is 23.6 Å². The van der Waals surface area contributed by atoms with E-state index in [9.17, 15) is 19.7 Å². The quantitative estimate of drug-likeness (QED) is 0.441. The number of rotatable bonds is 5. The minimum absolute atomic E-state index is 0.139. The highest BCUT2D eigenvalue weighted by Crippen LogP contribution is 2.35. The minimum Gasteiger partial charge on any atom is -0.444 e. The van der Waals surface area contributed by atoms with E-state index in [1.54, 1.807) is 20.8 Å². The zero-order valence-electron chi connectivity index (χ0n) is 17.0. The molecule has 10 heteroatoms. The molecule has 9 nitrogen and oxygen atoms in total. The molecule has 1 saturated carbocycles. The van der Waals surface area contributed by atoms with Gasteiger partial charge in [-0.25, -0.2) is 4.79 Å². The molecule has 1 fully saturated rings. The van der Waals surface area contributed by atoms with Crippen molar-refractivity contribution in [3.05, 3.63) is 32.3 Å². The summed E-state index contributed by atoms with van der Waals surface area (Å²) in [6.45, 7) is 5.35. The highest BCUT2D eigenvalue weighted by molar-refractivity contribution is 9.10. The lowest BCUT2D eigenvalue weighted by molar-refractivity contribution is -0.384. The number of hydrogen-bond donors (Lipinski definition) is 3. The highest BCUT2D eigenvalue weighted by Gasteiger charge is 2.32. The Morgan fingerprint density at radius 2 is 1.83 bits per heavy atom. The van der Waals surface area contributed by atoms with E-state index in [4.69, 9.17) is 4.74 Å². The van der Waals surface area contributed by atoms with Crippen molar-refractivity contribution in [1.29, 1.82) is 0 Å². The molecule has 0 saturated heterocycles. The third-order valence-electron chi connectivity index (χ3n) is 4.55. The molecule has 0 radical (unpaired) electrons. The van der Waals surface area contributed by atoms with Gasteiger partial charge in [-0.15, -0.1) is 0 Å². The molecule has 1 aromatic rings. The van der Waals surface area contributed by atoms with Crippen molar-refractivity contribution in [1.82, 2.24) is 10.6 Å². The lowest BCUT2D eigenvalue weighted by Gasteiger charge is -2.34. The molecule has 1 aliphatic rings. The van der Waals surface area contributed by atoms with Crippen molar-refractivity contribution < 1.29 is 19.2 Å². The van der Waals surface area contributed by atoms with Gasteiger partial charge < -0.3 is 20.7 Å². The number of ether oxygens (including phenoxy) is 1. The van der Waals surface area contributed by atoms with Crippen LogP contribution in [0.5, 0.6) is 0 Å². The first-order valence-electron chi connectivity index (χ1n) is 9.48. The van der Waals surface area contributed by atoms with Gasteiger partial charge in [-0.05, 0) is 39.7 Å². The molecule has 1 aromatic carbocycles. The molecule has 2 amide bonds. The number of anilines is 1. The van der Waals surface area contributed by atoms with Gasteiger partial charge in [0.05, 0.1) is 16.5 Å². The fraction of sp³-hybridized carbons (Fsp3) is 0.579. The summed E-state index contributed by atoms with van der Waals surface area (Å²) < 4.78 is 5.77.